The van der Waals surface area contributed by atoms with E-state index >= 15 is 0 Å². The standard InChI is InChI=1S/C24H17F2N5O2S/c25-16-10-11-18(26)19(12-16)27-21(32)14-34-24-29-28-23-30(13-15-6-2-1-3-7-15)22(33)17-8-4-5-9-20(17)31(23)24/h1-12H,13-14H2,(H,27,32). The van der Waals surface area contributed by atoms with Crippen molar-refractivity contribution in [2.24, 2.45) is 0 Å². The number of anilines is 1. The van der Waals surface area contributed by atoms with Crippen LogP contribution in [-0.2, 0) is 11.3 Å². The summed E-state index contributed by atoms with van der Waals surface area (Å²) in [6, 6.07) is 19.4. The van der Waals surface area contributed by atoms with Gasteiger partial charge in [-0.3, -0.25) is 18.6 Å². The van der Waals surface area contributed by atoms with E-state index in [1.54, 1.807) is 28.7 Å². The summed E-state index contributed by atoms with van der Waals surface area (Å²) in [6.07, 6.45) is 0. The van der Waals surface area contributed by atoms with Gasteiger partial charge in [-0.25, -0.2) is 8.78 Å². The number of fused-ring (bicyclic) bond motifs is 3. The van der Waals surface area contributed by atoms with E-state index in [4.69, 9.17) is 0 Å². The Balaban J connectivity index is 1.49. The molecular weight excluding hydrogens is 460 g/mol. The monoisotopic (exact) mass is 477 g/mol. The zero-order chi connectivity index (χ0) is 23.7. The van der Waals surface area contributed by atoms with Crippen molar-refractivity contribution in [1.29, 1.82) is 0 Å². The molecule has 2 aromatic heterocycles. The highest BCUT2D eigenvalue weighted by atomic mass is 32.2. The average molecular weight is 477 g/mol. The molecule has 0 bridgehead atoms. The minimum atomic E-state index is -0.733. The van der Waals surface area contributed by atoms with E-state index in [-0.39, 0.29) is 17.0 Å². The molecule has 5 rings (SSSR count). The molecule has 0 aliphatic carbocycles. The van der Waals surface area contributed by atoms with Crippen molar-refractivity contribution in [1.82, 2.24) is 19.2 Å². The van der Waals surface area contributed by atoms with E-state index in [9.17, 15) is 18.4 Å². The molecule has 1 amide bonds. The van der Waals surface area contributed by atoms with Crippen LogP contribution in [0.25, 0.3) is 16.7 Å². The van der Waals surface area contributed by atoms with Crippen LogP contribution in [0.3, 0.4) is 0 Å². The van der Waals surface area contributed by atoms with Crippen LogP contribution in [0.5, 0.6) is 0 Å². The maximum Gasteiger partial charge on any atom is 0.263 e. The van der Waals surface area contributed by atoms with Crippen LogP contribution in [0, 0.1) is 11.6 Å². The Morgan fingerprint density at radius 3 is 2.56 bits per heavy atom. The van der Waals surface area contributed by atoms with Crippen LogP contribution in [0.4, 0.5) is 14.5 Å². The smallest absolute Gasteiger partial charge is 0.263 e. The highest BCUT2D eigenvalue weighted by Crippen LogP contribution is 2.23. The van der Waals surface area contributed by atoms with Gasteiger partial charge >= 0.3 is 0 Å². The predicted molar refractivity (Wildman–Crippen MR) is 126 cm³/mol. The van der Waals surface area contributed by atoms with E-state index in [1.807, 2.05) is 30.3 Å². The highest BCUT2D eigenvalue weighted by Gasteiger charge is 2.18. The Morgan fingerprint density at radius 2 is 1.74 bits per heavy atom. The summed E-state index contributed by atoms with van der Waals surface area (Å²) in [5.41, 5.74) is 1.10. The molecule has 0 fully saturated rings. The third-order valence-electron chi connectivity index (χ3n) is 5.20. The van der Waals surface area contributed by atoms with Crippen LogP contribution in [0.15, 0.2) is 82.7 Å². The second-order valence-electron chi connectivity index (χ2n) is 7.47. The van der Waals surface area contributed by atoms with E-state index in [0.717, 1.165) is 35.5 Å². The normalized spacial score (nSPS) is 11.2. The number of thioether (sulfide) groups is 1. The summed E-state index contributed by atoms with van der Waals surface area (Å²) >= 11 is 1.08. The maximum atomic E-state index is 13.8. The van der Waals surface area contributed by atoms with Gasteiger partial charge in [0.25, 0.3) is 5.56 Å². The number of nitrogens with zero attached hydrogens (tertiary/aromatic N) is 4. The van der Waals surface area contributed by atoms with Crippen LogP contribution in [0.2, 0.25) is 0 Å². The first-order valence-electron chi connectivity index (χ1n) is 10.3. The summed E-state index contributed by atoms with van der Waals surface area (Å²) in [6.45, 7) is 0.302. The van der Waals surface area contributed by atoms with E-state index in [0.29, 0.717) is 28.4 Å². The molecule has 0 unspecified atom stereocenters. The second-order valence-corrected chi connectivity index (χ2v) is 8.42. The third kappa shape index (κ3) is 4.15. The van der Waals surface area contributed by atoms with Gasteiger partial charge in [0.15, 0.2) is 5.16 Å². The quantitative estimate of drug-likeness (QED) is 0.373. The van der Waals surface area contributed by atoms with Gasteiger partial charge in [0, 0.05) is 6.07 Å². The van der Waals surface area contributed by atoms with E-state index in [1.165, 1.54) is 4.57 Å². The molecule has 2 heterocycles. The number of carbonyl (C=O) groups is 1. The zero-order valence-corrected chi connectivity index (χ0v) is 18.4. The van der Waals surface area contributed by atoms with E-state index in [2.05, 4.69) is 15.5 Å². The molecule has 5 aromatic rings. The van der Waals surface area contributed by atoms with Gasteiger partial charge in [0.2, 0.25) is 11.7 Å². The van der Waals surface area contributed by atoms with Crippen molar-refractivity contribution in [3.63, 3.8) is 0 Å². The Bertz CT molecular complexity index is 1580. The van der Waals surface area contributed by atoms with Crippen molar-refractivity contribution >= 4 is 40.0 Å². The summed E-state index contributed by atoms with van der Waals surface area (Å²) in [5.74, 6) is -1.71. The van der Waals surface area contributed by atoms with Crippen molar-refractivity contribution in [3.8, 4) is 0 Å². The fraction of sp³-hybridized carbons (Fsp3) is 0.0833. The molecule has 0 aliphatic heterocycles. The van der Waals surface area contributed by atoms with Gasteiger partial charge in [-0.15, -0.1) is 10.2 Å². The number of hydrogen-bond donors (Lipinski definition) is 1. The Morgan fingerprint density at radius 1 is 0.971 bits per heavy atom. The number of halogens is 2. The lowest BCUT2D eigenvalue weighted by molar-refractivity contribution is -0.113. The van der Waals surface area contributed by atoms with Crippen molar-refractivity contribution in [3.05, 3.63) is 100 Å². The average Bonchev–Trinajstić information content (AvgIpc) is 3.27. The summed E-state index contributed by atoms with van der Waals surface area (Å²) in [5, 5.41) is 11.7. The highest BCUT2D eigenvalue weighted by molar-refractivity contribution is 7.99. The largest absolute Gasteiger partial charge is 0.323 e. The van der Waals surface area contributed by atoms with Gasteiger partial charge in [0.1, 0.15) is 11.6 Å². The third-order valence-corrected chi connectivity index (χ3v) is 6.13. The minimum absolute atomic E-state index is 0.122. The predicted octanol–water partition coefficient (Wildman–Crippen LogP) is 4.10. The van der Waals surface area contributed by atoms with Gasteiger partial charge in [-0.05, 0) is 29.8 Å². The van der Waals surface area contributed by atoms with Gasteiger partial charge < -0.3 is 5.32 Å². The number of nitrogens with one attached hydrogen (secondary N) is 1. The van der Waals surface area contributed by atoms with Gasteiger partial charge in [-0.1, -0.05) is 54.2 Å². The van der Waals surface area contributed by atoms with Gasteiger partial charge in [-0.2, -0.15) is 0 Å². The Hall–Kier alpha value is -4.05. The lowest BCUT2D eigenvalue weighted by atomic mass is 10.2. The summed E-state index contributed by atoms with van der Waals surface area (Å²) in [4.78, 5) is 25.6. The number of aromatic nitrogens is 4. The molecular formula is C24H17F2N5O2S. The molecule has 0 saturated carbocycles. The molecule has 0 atom stereocenters. The van der Waals surface area contributed by atoms with E-state index < -0.39 is 17.5 Å². The topological polar surface area (TPSA) is 81.3 Å². The molecule has 170 valence electrons. The maximum absolute atomic E-state index is 13.8. The molecule has 0 spiro atoms. The molecule has 10 heteroatoms. The Labute approximate surface area is 196 Å². The number of benzene rings is 3. The molecule has 0 radical (unpaired) electrons. The first kappa shape index (κ1) is 21.8. The number of rotatable bonds is 6. The van der Waals surface area contributed by atoms with Crippen molar-refractivity contribution in [2.75, 3.05) is 11.1 Å². The number of para-hydroxylation sites is 1. The Kier molecular flexibility index (Phi) is 5.81. The van der Waals surface area contributed by atoms with Crippen molar-refractivity contribution in [2.45, 2.75) is 11.7 Å². The first-order valence-corrected chi connectivity index (χ1v) is 11.3. The molecule has 7 nitrogen and oxygen atoms in total. The molecule has 0 aliphatic rings. The molecule has 34 heavy (non-hydrogen) atoms. The summed E-state index contributed by atoms with van der Waals surface area (Å²) < 4.78 is 30.5. The van der Waals surface area contributed by atoms with Crippen LogP contribution < -0.4 is 10.9 Å². The lowest BCUT2D eigenvalue weighted by Crippen LogP contribution is -2.24. The molecule has 3 aromatic carbocycles. The number of amides is 1. The fourth-order valence-electron chi connectivity index (χ4n) is 3.65. The molecule has 1 N–H and O–H groups in total. The summed E-state index contributed by atoms with van der Waals surface area (Å²) in [7, 11) is 0. The van der Waals surface area contributed by atoms with Crippen molar-refractivity contribution < 1.29 is 13.6 Å². The minimum Gasteiger partial charge on any atom is -0.323 e. The SMILES string of the molecule is O=C(CSc1nnc2n(Cc3ccccc3)c(=O)c3ccccc3n12)Nc1cc(F)ccc1F. The lowest BCUT2D eigenvalue weighted by Gasteiger charge is -2.11. The van der Waals surface area contributed by atoms with Crippen LogP contribution in [-0.4, -0.2) is 30.8 Å². The van der Waals surface area contributed by atoms with Crippen LogP contribution in [0.1, 0.15) is 5.56 Å². The zero-order valence-electron chi connectivity index (χ0n) is 17.6. The number of carbonyl (C=O) groups excluding carboxylic acids is 1. The second kappa shape index (κ2) is 9.06. The number of hydrogen-bond acceptors (Lipinski definition) is 5. The fourth-order valence-corrected chi connectivity index (χ4v) is 4.39. The first-order chi connectivity index (χ1) is 16.5. The van der Waals surface area contributed by atoms with Crippen LogP contribution >= 0.6 is 11.8 Å². The van der Waals surface area contributed by atoms with Gasteiger partial charge in [0.05, 0.1) is 28.9 Å². The molecule has 0 saturated heterocycles.